The minimum Gasteiger partial charge on any atom is -0.395 e. The maximum Gasteiger partial charge on any atom is 0.101 e. The zero-order valence-electron chi connectivity index (χ0n) is 8.73. The van der Waals surface area contributed by atoms with Crippen LogP contribution in [-0.2, 0) is 0 Å². The number of nitrogens with zero attached hydrogens (tertiary/aromatic N) is 2. The SMILES string of the molecule is N#Cc1cc(Cl)ccc1N(CCO)CCO. The molecule has 0 spiro atoms. The Kier molecular flexibility index (Phi) is 5.06. The van der Waals surface area contributed by atoms with Gasteiger partial charge in [-0.05, 0) is 18.2 Å². The van der Waals surface area contributed by atoms with E-state index in [1.54, 1.807) is 23.1 Å². The maximum absolute atomic E-state index is 8.97. The number of aliphatic hydroxyl groups excluding tert-OH is 2. The Morgan fingerprint density at radius 1 is 1.25 bits per heavy atom. The van der Waals surface area contributed by atoms with Crippen LogP contribution in [0.5, 0.6) is 0 Å². The molecule has 2 N–H and O–H groups in total. The Labute approximate surface area is 99.3 Å². The molecule has 0 saturated carbocycles. The van der Waals surface area contributed by atoms with Gasteiger partial charge in [0.1, 0.15) is 6.07 Å². The molecule has 0 aliphatic rings. The molecular weight excluding hydrogens is 228 g/mol. The molecule has 1 rings (SSSR count). The number of benzene rings is 1. The second kappa shape index (κ2) is 6.33. The zero-order chi connectivity index (χ0) is 12.0. The Morgan fingerprint density at radius 3 is 2.38 bits per heavy atom. The van der Waals surface area contributed by atoms with Crippen molar-refractivity contribution in [1.29, 1.82) is 5.26 Å². The molecule has 0 radical (unpaired) electrons. The molecule has 1 aromatic carbocycles. The van der Waals surface area contributed by atoms with E-state index in [-0.39, 0.29) is 13.2 Å². The smallest absolute Gasteiger partial charge is 0.101 e. The fourth-order valence-electron chi connectivity index (χ4n) is 1.47. The number of rotatable bonds is 5. The van der Waals surface area contributed by atoms with Gasteiger partial charge in [-0.25, -0.2) is 0 Å². The summed E-state index contributed by atoms with van der Waals surface area (Å²) in [5, 5.41) is 27.3. The summed E-state index contributed by atoms with van der Waals surface area (Å²) in [4.78, 5) is 1.74. The third-order valence-corrected chi connectivity index (χ3v) is 2.39. The molecule has 0 unspecified atom stereocenters. The van der Waals surface area contributed by atoms with Gasteiger partial charge < -0.3 is 15.1 Å². The van der Waals surface area contributed by atoms with Crippen LogP contribution in [0.2, 0.25) is 5.02 Å². The summed E-state index contributed by atoms with van der Waals surface area (Å²) in [6.07, 6.45) is 0. The van der Waals surface area contributed by atoms with Crippen LogP contribution >= 0.6 is 11.6 Å². The van der Waals surface area contributed by atoms with Crippen molar-refractivity contribution in [1.82, 2.24) is 0 Å². The van der Waals surface area contributed by atoms with Gasteiger partial charge in [0.25, 0.3) is 0 Å². The lowest BCUT2D eigenvalue weighted by atomic mass is 10.1. The first kappa shape index (κ1) is 12.8. The first-order valence-corrected chi connectivity index (χ1v) is 5.27. The number of aliphatic hydroxyl groups is 2. The maximum atomic E-state index is 8.97. The lowest BCUT2D eigenvalue weighted by molar-refractivity contribution is 0.281. The monoisotopic (exact) mass is 240 g/mol. The van der Waals surface area contributed by atoms with E-state index in [2.05, 4.69) is 0 Å². The molecule has 4 nitrogen and oxygen atoms in total. The first-order valence-electron chi connectivity index (χ1n) is 4.89. The molecule has 0 aromatic heterocycles. The molecule has 0 saturated heterocycles. The predicted molar refractivity (Wildman–Crippen MR) is 62.6 cm³/mol. The van der Waals surface area contributed by atoms with Crippen LogP contribution in [0.4, 0.5) is 5.69 Å². The summed E-state index contributed by atoms with van der Waals surface area (Å²) in [6, 6.07) is 7.01. The Morgan fingerprint density at radius 2 is 1.88 bits per heavy atom. The largest absolute Gasteiger partial charge is 0.395 e. The number of hydrogen-bond donors (Lipinski definition) is 2. The van der Waals surface area contributed by atoms with Gasteiger partial charge in [0.05, 0.1) is 24.5 Å². The van der Waals surface area contributed by atoms with Gasteiger partial charge in [-0.15, -0.1) is 0 Å². The van der Waals surface area contributed by atoms with Crippen LogP contribution in [-0.4, -0.2) is 36.5 Å². The Balaban J connectivity index is 3.03. The van der Waals surface area contributed by atoms with Crippen molar-refractivity contribution in [2.24, 2.45) is 0 Å². The van der Waals surface area contributed by atoms with Crippen LogP contribution < -0.4 is 4.90 Å². The lowest BCUT2D eigenvalue weighted by Crippen LogP contribution is -2.30. The molecule has 86 valence electrons. The van der Waals surface area contributed by atoms with Gasteiger partial charge >= 0.3 is 0 Å². The highest BCUT2D eigenvalue weighted by Gasteiger charge is 2.10. The molecule has 0 bridgehead atoms. The molecule has 0 aliphatic carbocycles. The normalized spacial score (nSPS) is 9.88. The molecule has 0 heterocycles. The van der Waals surface area contributed by atoms with Crippen LogP contribution in [0.3, 0.4) is 0 Å². The average Bonchev–Trinajstić information content (AvgIpc) is 2.28. The molecule has 1 aromatic rings. The summed E-state index contributed by atoms with van der Waals surface area (Å²) in [7, 11) is 0. The van der Waals surface area contributed by atoms with E-state index in [0.29, 0.717) is 29.4 Å². The van der Waals surface area contributed by atoms with Gasteiger partial charge in [-0.2, -0.15) is 5.26 Å². The fourth-order valence-corrected chi connectivity index (χ4v) is 1.64. The van der Waals surface area contributed by atoms with Crippen molar-refractivity contribution in [3.05, 3.63) is 28.8 Å². The summed E-state index contributed by atoms with van der Waals surface area (Å²) in [6.45, 7) is 0.675. The van der Waals surface area contributed by atoms with Gasteiger partial charge in [-0.1, -0.05) is 11.6 Å². The van der Waals surface area contributed by atoms with E-state index < -0.39 is 0 Å². The molecule has 0 aliphatic heterocycles. The van der Waals surface area contributed by atoms with Gasteiger partial charge in [0.2, 0.25) is 0 Å². The lowest BCUT2D eigenvalue weighted by Gasteiger charge is -2.23. The summed E-state index contributed by atoms with van der Waals surface area (Å²) in [5.41, 5.74) is 1.12. The van der Waals surface area contributed by atoms with Gasteiger partial charge in [0.15, 0.2) is 0 Å². The highest BCUT2D eigenvalue weighted by atomic mass is 35.5. The predicted octanol–water partition coefficient (Wildman–Crippen LogP) is 1.00. The number of halogens is 1. The van der Waals surface area contributed by atoms with Gasteiger partial charge in [-0.3, -0.25) is 0 Å². The average molecular weight is 241 g/mol. The third kappa shape index (κ3) is 3.11. The van der Waals surface area contributed by atoms with E-state index in [9.17, 15) is 0 Å². The van der Waals surface area contributed by atoms with Gasteiger partial charge in [0, 0.05) is 18.1 Å². The highest BCUT2D eigenvalue weighted by molar-refractivity contribution is 6.30. The summed E-state index contributed by atoms with van der Waals surface area (Å²) >= 11 is 5.79. The van der Waals surface area contributed by atoms with Crippen LogP contribution in [0.25, 0.3) is 0 Å². The second-order valence-corrected chi connectivity index (χ2v) is 3.64. The van der Waals surface area contributed by atoms with Crippen molar-refractivity contribution < 1.29 is 10.2 Å². The molecular formula is C11H13ClN2O2. The topological polar surface area (TPSA) is 67.5 Å². The van der Waals surface area contributed by atoms with Crippen molar-refractivity contribution in [3.8, 4) is 6.07 Å². The van der Waals surface area contributed by atoms with E-state index in [1.807, 2.05) is 6.07 Å². The molecule has 16 heavy (non-hydrogen) atoms. The molecule has 0 atom stereocenters. The third-order valence-electron chi connectivity index (χ3n) is 2.16. The Hall–Kier alpha value is -1.28. The highest BCUT2D eigenvalue weighted by Crippen LogP contribution is 2.23. The van der Waals surface area contributed by atoms with Crippen molar-refractivity contribution in [2.75, 3.05) is 31.2 Å². The first-order chi connectivity index (χ1) is 7.72. The standard InChI is InChI=1S/C11H13ClN2O2/c12-10-1-2-11(9(7-10)8-13)14(3-5-15)4-6-16/h1-2,7,15-16H,3-6H2. The summed E-state index contributed by atoms with van der Waals surface area (Å²) in [5.74, 6) is 0. The van der Waals surface area contributed by atoms with E-state index in [4.69, 9.17) is 27.1 Å². The van der Waals surface area contributed by atoms with Crippen molar-refractivity contribution >= 4 is 17.3 Å². The minimum atomic E-state index is -0.0342. The summed E-state index contributed by atoms with van der Waals surface area (Å²) < 4.78 is 0. The van der Waals surface area contributed by atoms with Crippen LogP contribution in [0.1, 0.15) is 5.56 Å². The Bertz CT molecular complexity index is 384. The van der Waals surface area contributed by atoms with E-state index in [1.165, 1.54) is 0 Å². The minimum absolute atomic E-state index is 0.0342. The molecule has 5 heteroatoms. The van der Waals surface area contributed by atoms with Crippen LogP contribution in [0, 0.1) is 11.3 Å². The number of nitriles is 1. The van der Waals surface area contributed by atoms with E-state index in [0.717, 1.165) is 0 Å². The van der Waals surface area contributed by atoms with Crippen molar-refractivity contribution in [3.63, 3.8) is 0 Å². The fraction of sp³-hybridized carbons (Fsp3) is 0.364. The second-order valence-electron chi connectivity index (χ2n) is 3.21. The quantitative estimate of drug-likeness (QED) is 0.806. The number of hydrogen-bond acceptors (Lipinski definition) is 4. The molecule has 0 amide bonds. The van der Waals surface area contributed by atoms with E-state index >= 15 is 0 Å². The number of anilines is 1. The zero-order valence-corrected chi connectivity index (χ0v) is 9.48. The van der Waals surface area contributed by atoms with Crippen molar-refractivity contribution in [2.45, 2.75) is 0 Å². The molecule has 0 fully saturated rings. The van der Waals surface area contributed by atoms with Crippen LogP contribution in [0.15, 0.2) is 18.2 Å².